The summed E-state index contributed by atoms with van der Waals surface area (Å²) in [5, 5.41) is 2.98. The summed E-state index contributed by atoms with van der Waals surface area (Å²) in [4.78, 5) is 39.9. The molecule has 0 spiro atoms. The molecule has 1 N–H and O–H groups in total. The molecule has 0 saturated carbocycles. The minimum absolute atomic E-state index is 0.0383. The van der Waals surface area contributed by atoms with E-state index in [2.05, 4.69) is 86.8 Å². The molecule has 0 rings (SSSR count). The lowest BCUT2D eigenvalue weighted by Crippen LogP contribution is -2.47. The maximum atomic E-state index is 13.5. The first-order valence-electron chi connectivity index (χ1n) is 30.9. The Morgan fingerprint density at radius 3 is 1.31 bits per heavy atom. The molecule has 0 radical (unpaired) electrons. The number of likely N-dealkylation sites (N-methyl/N-ethyl adjacent to an activating group) is 1. The van der Waals surface area contributed by atoms with Crippen LogP contribution in [0.4, 0.5) is 0 Å². The van der Waals surface area contributed by atoms with E-state index < -0.39 is 26.6 Å². The van der Waals surface area contributed by atoms with E-state index in [-0.39, 0.29) is 31.3 Å². The van der Waals surface area contributed by atoms with Crippen LogP contribution in [0.3, 0.4) is 0 Å². The molecule has 0 heterocycles. The zero-order chi connectivity index (χ0) is 55.0. The van der Waals surface area contributed by atoms with E-state index in [1.807, 2.05) is 45.4 Å². The molecule has 0 saturated heterocycles. The quantitative estimate of drug-likeness (QED) is 0.0212. The Bertz CT molecular complexity index is 1560. The van der Waals surface area contributed by atoms with Gasteiger partial charge in [0, 0.05) is 12.8 Å². The number of rotatable bonds is 55. The Labute approximate surface area is 463 Å². The van der Waals surface area contributed by atoms with Gasteiger partial charge in [0.1, 0.15) is 19.3 Å². The zero-order valence-electron chi connectivity index (χ0n) is 49.5. The minimum atomic E-state index is -4.72. The smallest absolute Gasteiger partial charge is 0.306 e. The third-order valence-corrected chi connectivity index (χ3v) is 14.3. The molecule has 0 aliphatic carbocycles. The summed E-state index contributed by atoms with van der Waals surface area (Å²) in [6.07, 6.45) is 71.4. The number of carbonyl (C=O) groups excluding carboxylic acids is 2. The molecule has 10 heteroatoms. The van der Waals surface area contributed by atoms with Crippen molar-refractivity contribution >= 4 is 19.7 Å². The van der Waals surface area contributed by atoms with Gasteiger partial charge in [-0.1, -0.05) is 247 Å². The zero-order valence-corrected chi connectivity index (χ0v) is 50.4. The Morgan fingerprint density at radius 2 is 0.867 bits per heavy atom. The number of esters is 1. The SMILES string of the molecule is CC/C=C/C/C=C/C/C=C/C/C=C/C/C=C/CCC(=O)NC(COP(=O)([O-])OCC[N+](C)(C)C)C(/C=C/CCCCCCCCCCCC)OC(=O)CCCCCCCCCCCCC/C=C/CCCCCCCC. The fourth-order valence-corrected chi connectivity index (χ4v) is 9.29. The molecule has 0 bridgehead atoms. The van der Waals surface area contributed by atoms with Crippen LogP contribution < -0.4 is 10.2 Å². The number of unbranched alkanes of at least 4 members (excludes halogenated alkanes) is 27. The number of nitrogens with one attached hydrogen (secondary N) is 1. The lowest BCUT2D eigenvalue weighted by molar-refractivity contribution is -0.870. The number of amides is 1. The van der Waals surface area contributed by atoms with Gasteiger partial charge < -0.3 is 28.5 Å². The van der Waals surface area contributed by atoms with E-state index in [1.54, 1.807) is 0 Å². The molecule has 9 nitrogen and oxygen atoms in total. The second-order valence-electron chi connectivity index (χ2n) is 21.8. The molecule has 434 valence electrons. The number of hydrogen-bond acceptors (Lipinski definition) is 7. The fourth-order valence-electron chi connectivity index (χ4n) is 8.56. The Balaban J connectivity index is 5.32. The van der Waals surface area contributed by atoms with Crippen LogP contribution in [0.25, 0.3) is 0 Å². The van der Waals surface area contributed by atoms with Gasteiger partial charge in [0.05, 0.1) is 33.8 Å². The van der Waals surface area contributed by atoms with E-state index in [0.717, 1.165) is 70.6 Å². The van der Waals surface area contributed by atoms with Gasteiger partial charge in [-0.3, -0.25) is 14.2 Å². The number of phosphoric acid groups is 1. The summed E-state index contributed by atoms with van der Waals surface area (Å²) in [6, 6.07) is -0.931. The van der Waals surface area contributed by atoms with Gasteiger partial charge in [0.15, 0.2) is 0 Å². The third kappa shape index (κ3) is 55.7. The summed E-state index contributed by atoms with van der Waals surface area (Å²) in [6.45, 7) is 6.67. The average molecular weight is 1070 g/mol. The van der Waals surface area contributed by atoms with Crippen molar-refractivity contribution in [1.82, 2.24) is 5.32 Å². The number of hydrogen-bond donors (Lipinski definition) is 1. The van der Waals surface area contributed by atoms with Gasteiger partial charge in [-0.05, 0) is 89.5 Å². The summed E-state index contributed by atoms with van der Waals surface area (Å²) in [7, 11) is 1.13. The van der Waals surface area contributed by atoms with Crippen molar-refractivity contribution in [3.05, 3.63) is 85.1 Å². The first kappa shape index (κ1) is 72.2. The topological polar surface area (TPSA) is 114 Å². The van der Waals surface area contributed by atoms with Crippen LogP contribution in [-0.4, -0.2) is 69.4 Å². The van der Waals surface area contributed by atoms with E-state index in [4.69, 9.17) is 13.8 Å². The molecule has 75 heavy (non-hydrogen) atoms. The molecular weight excluding hydrogens is 952 g/mol. The van der Waals surface area contributed by atoms with Gasteiger partial charge in [-0.25, -0.2) is 0 Å². The van der Waals surface area contributed by atoms with E-state index in [0.29, 0.717) is 17.4 Å². The van der Waals surface area contributed by atoms with Crippen molar-refractivity contribution in [2.45, 2.75) is 277 Å². The highest BCUT2D eigenvalue weighted by molar-refractivity contribution is 7.45. The highest BCUT2D eigenvalue weighted by Crippen LogP contribution is 2.38. The minimum Gasteiger partial charge on any atom is -0.756 e. The van der Waals surface area contributed by atoms with Crippen LogP contribution >= 0.6 is 7.82 Å². The summed E-state index contributed by atoms with van der Waals surface area (Å²) >= 11 is 0. The number of allylic oxidation sites excluding steroid dienone is 13. The largest absolute Gasteiger partial charge is 0.756 e. The number of phosphoric ester groups is 1. The van der Waals surface area contributed by atoms with Crippen LogP contribution in [0, 0.1) is 0 Å². The van der Waals surface area contributed by atoms with Crippen molar-refractivity contribution in [1.29, 1.82) is 0 Å². The lowest BCUT2D eigenvalue weighted by atomic mass is 10.0. The van der Waals surface area contributed by atoms with E-state index in [1.165, 1.54) is 154 Å². The van der Waals surface area contributed by atoms with Crippen molar-refractivity contribution in [2.75, 3.05) is 40.9 Å². The van der Waals surface area contributed by atoms with Crippen LogP contribution in [0.5, 0.6) is 0 Å². The molecular formula is C65H117N2O7P. The highest BCUT2D eigenvalue weighted by Gasteiger charge is 2.27. The van der Waals surface area contributed by atoms with Crippen LogP contribution in [0.15, 0.2) is 85.1 Å². The Kier molecular flexibility index (Phi) is 52.5. The first-order valence-corrected chi connectivity index (χ1v) is 32.4. The van der Waals surface area contributed by atoms with Crippen LogP contribution in [0.2, 0.25) is 0 Å². The maximum absolute atomic E-state index is 13.5. The molecule has 0 aliphatic heterocycles. The molecule has 0 aliphatic rings. The molecule has 1 amide bonds. The second kappa shape index (κ2) is 54.5. The van der Waals surface area contributed by atoms with Gasteiger partial charge in [0.25, 0.3) is 7.82 Å². The summed E-state index contributed by atoms with van der Waals surface area (Å²) < 4.78 is 30.2. The van der Waals surface area contributed by atoms with Crippen molar-refractivity contribution in [2.24, 2.45) is 0 Å². The van der Waals surface area contributed by atoms with Crippen molar-refractivity contribution in [3.8, 4) is 0 Å². The molecule has 3 unspecified atom stereocenters. The van der Waals surface area contributed by atoms with Crippen molar-refractivity contribution in [3.63, 3.8) is 0 Å². The molecule has 3 atom stereocenters. The number of quaternary nitrogens is 1. The monoisotopic (exact) mass is 1070 g/mol. The Morgan fingerprint density at radius 1 is 0.480 bits per heavy atom. The van der Waals surface area contributed by atoms with Crippen LogP contribution in [-0.2, 0) is 27.9 Å². The maximum Gasteiger partial charge on any atom is 0.306 e. The number of nitrogens with zero attached hydrogens (tertiary/aromatic N) is 1. The standard InChI is InChI=1S/C65H117N2O7P/c1-7-10-13-16-19-22-25-28-30-32-33-34-35-36-38-40-43-46-49-52-55-58-65(69)74-63(56-53-50-47-44-41-27-24-21-18-15-12-9-3)62(61-73-75(70,71)72-60-59-67(4,5)6)66-64(68)57-54-51-48-45-42-39-37-31-29-26-23-20-17-14-11-8-2/h11,14,20,23,28-31,39,42,48,51,53,56,62-63H,7-10,12-13,15-19,21-22,24-27,32-38,40-41,43-47,49-50,52,54-55,57-61H2,1-6H3,(H-,66,68,70,71)/b14-11+,23-20+,30-28+,31-29+,42-39+,51-48+,56-53+. The second-order valence-corrected chi connectivity index (χ2v) is 23.2. The van der Waals surface area contributed by atoms with E-state index >= 15 is 0 Å². The predicted octanol–water partition coefficient (Wildman–Crippen LogP) is 18.4. The normalized spacial score (nSPS) is 14.3. The van der Waals surface area contributed by atoms with Crippen molar-refractivity contribution < 1.29 is 37.3 Å². The van der Waals surface area contributed by atoms with Gasteiger partial charge in [-0.15, -0.1) is 0 Å². The predicted molar refractivity (Wildman–Crippen MR) is 321 cm³/mol. The van der Waals surface area contributed by atoms with Gasteiger partial charge in [0.2, 0.25) is 5.91 Å². The third-order valence-electron chi connectivity index (χ3n) is 13.3. The summed E-state index contributed by atoms with van der Waals surface area (Å²) in [5.41, 5.74) is 0. The summed E-state index contributed by atoms with van der Waals surface area (Å²) in [5.74, 6) is -0.638. The fraction of sp³-hybridized carbons (Fsp3) is 0.754. The molecule has 0 aromatic rings. The van der Waals surface area contributed by atoms with Crippen LogP contribution in [0.1, 0.15) is 265 Å². The lowest BCUT2D eigenvalue weighted by Gasteiger charge is -2.30. The van der Waals surface area contributed by atoms with Gasteiger partial charge in [-0.2, -0.15) is 0 Å². The van der Waals surface area contributed by atoms with Gasteiger partial charge >= 0.3 is 5.97 Å². The number of ether oxygens (including phenoxy) is 1. The average Bonchev–Trinajstić information content (AvgIpc) is 3.37. The Hall–Kier alpha value is -2.81. The molecule has 0 aromatic carbocycles. The highest BCUT2D eigenvalue weighted by atomic mass is 31.2. The molecule has 0 aromatic heterocycles. The number of carbonyl (C=O) groups is 2. The first-order chi connectivity index (χ1) is 36.4. The molecule has 0 fully saturated rings. The van der Waals surface area contributed by atoms with E-state index in [9.17, 15) is 19.0 Å².